The quantitative estimate of drug-likeness (QED) is 0.282. The predicted octanol–water partition coefficient (Wildman–Crippen LogP) is 7.23. The van der Waals surface area contributed by atoms with Gasteiger partial charge in [-0.05, 0) is 31.2 Å². The molecule has 0 spiro atoms. The van der Waals surface area contributed by atoms with E-state index in [0.29, 0.717) is 5.41 Å². The van der Waals surface area contributed by atoms with E-state index in [1.165, 1.54) is 103 Å². The Balaban J connectivity index is 3.82. The normalized spacial score (nSPS) is 12.0. The fourth-order valence-corrected chi connectivity index (χ4v) is 3.60. The van der Waals surface area contributed by atoms with Crippen LogP contribution in [0.5, 0.6) is 0 Å². The summed E-state index contributed by atoms with van der Waals surface area (Å²) in [4.78, 5) is 0. The minimum Gasteiger partial charge on any atom is -0.330 e. The first kappa shape index (κ1) is 22.0. The Hall–Kier alpha value is -0.0400. The van der Waals surface area contributed by atoms with Gasteiger partial charge in [-0.25, -0.2) is 0 Å². The van der Waals surface area contributed by atoms with Gasteiger partial charge >= 0.3 is 0 Å². The van der Waals surface area contributed by atoms with Crippen molar-refractivity contribution in [2.45, 2.75) is 124 Å². The Morgan fingerprint density at radius 1 is 0.500 bits per heavy atom. The maximum Gasteiger partial charge on any atom is -0.00205 e. The smallest absolute Gasteiger partial charge is 0.00205 e. The molecule has 0 amide bonds. The van der Waals surface area contributed by atoms with Crippen LogP contribution in [0.1, 0.15) is 124 Å². The zero-order valence-electron chi connectivity index (χ0n) is 16.1. The van der Waals surface area contributed by atoms with Gasteiger partial charge in [0.2, 0.25) is 0 Å². The largest absolute Gasteiger partial charge is 0.330 e. The average Bonchev–Trinajstić information content (AvgIpc) is 2.55. The molecule has 22 heavy (non-hydrogen) atoms. The zero-order valence-corrected chi connectivity index (χ0v) is 16.1. The number of hydrogen-bond donors (Lipinski definition) is 1. The molecule has 0 aromatic heterocycles. The van der Waals surface area contributed by atoms with E-state index in [-0.39, 0.29) is 0 Å². The van der Waals surface area contributed by atoms with Gasteiger partial charge in [0.05, 0.1) is 0 Å². The molecular formula is C21H45N. The number of hydrogen-bond acceptors (Lipinski definition) is 1. The van der Waals surface area contributed by atoms with E-state index < -0.39 is 0 Å². The first-order valence-electron chi connectivity index (χ1n) is 10.4. The first-order chi connectivity index (χ1) is 10.7. The first-order valence-corrected chi connectivity index (χ1v) is 10.4. The lowest BCUT2D eigenvalue weighted by molar-refractivity contribution is 0.208. The Morgan fingerprint density at radius 3 is 1.27 bits per heavy atom. The summed E-state index contributed by atoms with van der Waals surface area (Å²) in [5.41, 5.74) is 6.66. The van der Waals surface area contributed by atoms with E-state index in [1.807, 2.05) is 0 Å². The van der Waals surface area contributed by atoms with E-state index in [1.54, 1.807) is 0 Å². The molecule has 2 N–H and O–H groups in total. The molecule has 0 aromatic rings. The van der Waals surface area contributed by atoms with Gasteiger partial charge < -0.3 is 5.73 Å². The fourth-order valence-electron chi connectivity index (χ4n) is 3.60. The van der Waals surface area contributed by atoms with E-state index >= 15 is 0 Å². The second kappa shape index (κ2) is 15.8. The Bertz CT molecular complexity index is 204. The highest BCUT2D eigenvalue weighted by Crippen LogP contribution is 2.35. The molecular weight excluding hydrogens is 266 g/mol. The van der Waals surface area contributed by atoms with Gasteiger partial charge in [-0.2, -0.15) is 0 Å². The molecule has 1 nitrogen and oxygen atoms in total. The molecule has 1 heteroatoms. The van der Waals surface area contributed by atoms with Crippen LogP contribution in [0.3, 0.4) is 0 Å². The number of nitrogens with two attached hydrogens (primary N) is 1. The highest BCUT2D eigenvalue weighted by molar-refractivity contribution is 4.80. The third-order valence-corrected chi connectivity index (χ3v) is 5.36. The molecule has 0 aliphatic rings. The van der Waals surface area contributed by atoms with Crippen LogP contribution in [0, 0.1) is 5.41 Å². The van der Waals surface area contributed by atoms with Crippen molar-refractivity contribution < 1.29 is 0 Å². The maximum atomic E-state index is 6.20. The lowest BCUT2D eigenvalue weighted by Crippen LogP contribution is -2.30. The summed E-state index contributed by atoms with van der Waals surface area (Å²) in [7, 11) is 0. The Kier molecular flexibility index (Phi) is 15.8. The van der Waals surface area contributed by atoms with Crippen LogP contribution >= 0.6 is 0 Å². The van der Waals surface area contributed by atoms with Crippen molar-refractivity contribution in [3.05, 3.63) is 0 Å². The van der Waals surface area contributed by atoms with E-state index in [2.05, 4.69) is 20.8 Å². The van der Waals surface area contributed by atoms with Gasteiger partial charge in [-0.1, -0.05) is 104 Å². The third-order valence-electron chi connectivity index (χ3n) is 5.36. The molecule has 0 heterocycles. The van der Waals surface area contributed by atoms with Crippen molar-refractivity contribution in [3.8, 4) is 0 Å². The SMILES string of the molecule is CCCCCCCCCCCC(CN)(CCCC)CCCC. The summed E-state index contributed by atoms with van der Waals surface area (Å²) in [6.07, 6.45) is 22.3. The van der Waals surface area contributed by atoms with Crippen molar-refractivity contribution in [1.82, 2.24) is 0 Å². The predicted molar refractivity (Wildman–Crippen MR) is 102 cm³/mol. The highest BCUT2D eigenvalue weighted by atomic mass is 14.6. The lowest BCUT2D eigenvalue weighted by Gasteiger charge is -2.33. The minimum atomic E-state index is 0.465. The van der Waals surface area contributed by atoms with Gasteiger partial charge in [-0.15, -0.1) is 0 Å². The Labute approximate surface area is 141 Å². The summed E-state index contributed by atoms with van der Waals surface area (Å²) in [6, 6.07) is 0. The molecule has 0 radical (unpaired) electrons. The summed E-state index contributed by atoms with van der Waals surface area (Å²) >= 11 is 0. The van der Waals surface area contributed by atoms with Gasteiger partial charge in [0.15, 0.2) is 0 Å². The fraction of sp³-hybridized carbons (Fsp3) is 1.00. The number of rotatable bonds is 17. The van der Waals surface area contributed by atoms with E-state index in [4.69, 9.17) is 5.73 Å². The van der Waals surface area contributed by atoms with Crippen LogP contribution in [-0.4, -0.2) is 6.54 Å². The molecule has 0 unspecified atom stereocenters. The third kappa shape index (κ3) is 11.5. The molecule has 0 atom stereocenters. The lowest BCUT2D eigenvalue weighted by atomic mass is 9.74. The zero-order chi connectivity index (χ0) is 16.5. The van der Waals surface area contributed by atoms with Crippen molar-refractivity contribution in [3.63, 3.8) is 0 Å². The van der Waals surface area contributed by atoms with E-state index in [0.717, 1.165) is 6.54 Å². The standard InChI is InChI=1S/C21H45N/c1-4-7-10-11-12-13-14-15-16-19-21(20-22,17-8-5-2)18-9-6-3/h4-20,22H2,1-3H3. The van der Waals surface area contributed by atoms with Crippen molar-refractivity contribution in [2.24, 2.45) is 11.1 Å². The van der Waals surface area contributed by atoms with Crippen molar-refractivity contribution in [1.29, 1.82) is 0 Å². The number of unbranched alkanes of at least 4 members (excludes halogenated alkanes) is 10. The summed E-state index contributed by atoms with van der Waals surface area (Å²) in [6.45, 7) is 7.81. The summed E-state index contributed by atoms with van der Waals surface area (Å²) in [5.74, 6) is 0. The van der Waals surface area contributed by atoms with Gasteiger partial charge in [0.1, 0.15) is 0 Å². The molecule has 0 rings (SSSR count). The highest BCUT2D eigenvalue weighted by Gasteiger charge is 2.26. The minimum absolute atomic E-state index is 0.465. The van der Waals surface area contributed by atoms with Crippen LogP contribution in [-0.2, 0) is 0 Å². The summed E-state index contributed by atoms with van der Waals surface area (Å²) < 4.78 is 0. The monoisotopic (exact) mass is 311 g/mol. The molecule has 0 fully saturated rings. The van der Waals surface area contributed by atoms with Crippen LogP contribution in [0.4, 0.5) is 0 Å². The maximum absolute atomic E-state index is 6.20. The van der Waals surface area contributed by atoms with Crippen molar-refractivity contribution >= 4 is 0 Å². The molecule has 134 valence electrons. The van der Waals surface area contributed by atoms with Gasteiger partial charge in [0, 0.05) is 0 Å². The van der Waals surface area contributed by atoms with Crippen LogP contribution in [0.15, 0.2) is 0 Å². The molecule has 0 aliphatic carbocycles. The second-order valence-corrected chi connectivity index (χ2v) is 7.49. The molecule has 0 aliphatic heterocycles. The second-order valence-electron chi connectivity index (χ2n) is 7.49. The Morgan fingerprint density at radius 2 is 0.864 bits per heavy atom. The van der Waals surface area contributed by atoms with Crippen LogP contribution in [0.25, 0.3) is 0 Å². The molecule has 0 aromatic carbocycles. The average molecular weight is 312 g/mol. The molecule has 0 bridgehead atoms. The molecule has 0 saturated heterocycles. The summed E-state index contributed by atoms with van der Waals surface area (Å²) in [5, 5.41) is 0. The van der Waals surface area contributed by atoms with Crippen LogP contribution in [0.2, 0.25) is 0 Å². The van der Waals surface area contributed by atoms with Gasteiger partial charge in [-0.3, -0.25) is 0 Å². The van der Waals surface area contributed by atoms with Crippen LogP contribution < -0.4 is 5.73 Å². The topological polar surface area (TPSA) is 26.0 Å². The van der Waals surface area contributed by atoms with Gasteiger partial charge in [0.25, 0.3) is 0 Å². The van der Waals surface area contributed by atoms with Crippen molar-refractivity contribution in [2.75, 3.05) is 6.54 Å². The molecule has 0 saturated carbocycles. The van der Waals surface area contributed by atoms with E-state index in [9.17, 15) is 0 Å².